The normalized spacial score (nSPS) is 15.7. The molecule has 0 atom stereocenters. The molecule has 0 saturated carbocycles. The van der Waals surface area contributed by atoms with Crippen molar-refractivity contribution in [2.45, 2.75) is 38.8 Å². The number of fused-ring (bicyclic) bond motifs is 1. The maximum Gasteiger partial charge on any atom is 0.416 e. The molecule has 1 aromatic carbocycles. The Bertz CT molecular complexity index is 1050. The summed E-state index contributed by atoms with van der Waals surface area (Å²) in [5, 5.41) is 4.35. The zero-order valence-corrected chi connectivity index (χ0v) is 16.7. The zero-order chi connectivity index (χ0) is 21.3. The highest BCUT2D eigenvalue weighted by Crippen LogP contribution is 2.33. The summed E-state index contributed by atoms with van der Waals surface area (Å²) in [5.41, 5.74) is 1.51. The largest absolute Gasteiger partial charge is 0.416 e. The first-order chi connectivity index (χ1) is 14.3. The van der Waals surface area contributed by atoms with Gasteiger partial charge < -0.3 is 4.90 Å². The second kappa shape index (κ2) is 8.08. The molecule has 30 heavy (non-hydrogen) atoms. The summed E-state index contributed by atoms with van der Waals surface area (Å²) >= 11 is 0. The lowest BCUT2D eigenvalue weighted by Gasteiger charge is -2.32. The SMILES string of the molecule is Cc1nn2cccnc2c1C(=O)N1CCC(CCc2ccccc2C(F)(F)F)CC1. The first kappa shape index (κ1) is 20.4. The number of rotatable bonds is 4. The summed E-state index contributed by atoms with van der Waals surface area (Å²) in [6.45, 7) is 2.98. The number of hydrogen-bond acceptors (Lipinski definition) is 3. The number of amides is 1. The number of hydrogen-bond donors (Lipinski definition) is 0. The van der Waals surface area contributed by atoms with E-state index in [-0.39, 0.29) is 5.91 Å². The van der Waals surface area contributed by atoms with Crippen molar-refractivity contribution in [2.75, 3.05) is 13.1 Å². The standard InChI is InChI=1S/C22H23F3N4O/c1-15-19(20-26-11-4-12-29(20)27-15)21(30)28-13-9-16(10-14-28)7-8-17-5-2-3-6-18(17)22(23,24)25/h2-6,11-12,16H,7-10,13-14H2,1H3. The number of benzene rings is 1. The topological polar surface area (TPSA) is 50.5 Å². The Kier molecular flexibility index (Phi) is 5.49. The van der Waals surface area contributed by atoms with Gasteiger partial charge in [-0.15, -0.1) is 0 Å². The Hall–Kier alpha value is -2.90. The van der Waals surface area contributed by atoms with Crippen molar-refractivity contribution in [1.82, 2.24) is 19.5 Å². The molecular formula is C22H23F3N4O. The predicted molar refractivity (Wildman–Crippen MR) is 106 cm³/mol. The van der Waals surface area contributed by atoms with Crippen molar-refractivity contribution >= 4 is 11.6 Å². The molecule has 0 radical (unpaired) electrons. The van der Waals surface area contributed by atoms with E-state index in [2.05, 4.69) is 10.1 Å². The van der Waals surface area contributed by atoms with Gasteiger partial charge in [0.2, 0.25) is 0 Å². The minimum absolute atomic E-state index is 0.0814. The van der Waals surface area contributed by atoms with Crippen LogP contribution in [-0.2, 0) is 12.6 Å². The van der Waals surface area contributed by atoms with Crippen LogP contribution in [0.5, 0.6) is 0 Å². The summed E-state index contributed by atoms with van der Waals surface area (Å²) in [7, 11) is 0. The van der Waals surface area contributed by atoms with Crippen molar-refractivity contribution in [1.29, 1.82) is 0 Å². The van der Waals surface area contributed by atoms with Crippen molar-refractivity contribution < 1.29 is 18.0 Å². The molecule has 1 aliphatic rings. The fourth-order valence-corrected chi connectivity index (χ4v) is 4.20. The third-order valence-corrected chi connectivity index (χ3v) is 5.83. The number of aromatic nitrogens is 3. The Morgan fingerprint density at radius 2 is 1.90 bits per heavy atom. The fourth-order valence-electron chi connectivity index (χ4n) is 4.20. The number of carbonyl (C=O) groups excluding carboxylic acids is 1. The molecule has 0 unspecified atom stereocenters. The molecule has 3 heterocycles. The lowest BCUT2D eigenvalue weighted by atomic mass is 9.89. The van der Waals surface area contributed by atoms with E-state index in [1.165, 1.54) is 6.07 Å². The number of piperidine rings is 1. The molecule has 0 spiro atoms. The van der Waals surface area contributed by atoms with E-state index in [4.69, 9.17) is 0 Å². The van der Waals surface area contributed by atoms with Crippen LogP contribution in [0.15, 0.2) is 42.7 Å². The monoisotopic (exact) mass is 416 g/mol. The molecule has 1 amide bonds. The van der Waals surface area contributed by atoms with Crippen molar-refractivity contribution in [2.24, 2.45) is 5.92 Å². The third-order valence-electron chi connectivity index (χ3n) is 5.83. The second-order valence-corrected chi connectivity index (χ2v) is 7.78. The number of halogens is 3. The molecule has 3 aromatic rings. The highest BCUT2D eigenvalue weighted by atomic mass is 19.4. The Balaban J connectivity index is 1.38. The zero-order valence-electron chi connectivity index (χ0n) is 16.7. The minimum atomic E-state index is -4.33. The first-order valence-electron chi connectivity index (χ1n) is 10.1. The molecule has 0 bridgehead atoms. The van der Waals surface area contributed by atoms with Gasteiger partial charge in [-0.2, -0.15) is 18.3 Å². The fraction of sp³-hybridized carbons (Fsp3) is 0.409. The molecule has 4 rings (SSSR count). The van der Waals surface area contributed by atoms with E-state index in [0.717, 1.165) is 18.9 Å². The average Bonchev–Trinajstić information content (AvgIpc) is 3.07. The Labute approximate surface area is 172 Å². The molecule has 1 saturated heterocycles. The van der Waals surface area contributed by atoms with Crippen LogP contribution in [0.4, 0.5) is 13.2 Å². The molecule has 8 heteroatoms. The maximum absolute atomic E-state index is 13.2. The number of likely N-dealkylation sites (tertiary alicyclic amines) is 1. The van der Waals surface area contributed by atoms with Crippen LogP contribution in [0.2, 0.25) is 0 Å². The lowest BCUT2D eigenvalue weighted by molar-refractivity contribution is -0.138. The minimum Gasteiger partial charge on any atom is -0.338 e. The molecule has 158 valence electrons. The quantitative estimate of drug-likeness (QED) is 0.627. The highest BCUT2D eigenvalue weighted by Gasteiger charge is 2.33. The first-order valence-corrected chi connectivity index (χ1v) is 10.1. The molecule has 0 N–H and O–H groups in total. The summed E-state index contributed by atoms with van der Waals surface area (Å²) in [6, 6.07) is 7.54. The molecule has 2 aromatic heterocycles. The average molecular weight is 416 g/mol. The van der Waals surface area contributed by atoms with Crippen LogP contribution in [0.3, 0.4) is 0 Å². The molecule has 1 aliphatic heterocycles. The van der Waals surface area contributed by atoms with Gasteiger partial charge in [-0.05, 0) is 56.2 Å². The number of alkyl halides is 3. The Morgan fingerprint density at radius 3 is 2.63 bits per heavy atom. The van der Waals surface area contributed by atoms with E-state index < -0.39 is 11.7 Å². The van der Waals surface area contributed by atoms with Gasteiger partial charge in [0.05, 0.1) is 11.3 Å². The number of aryl methyl sites for hydroxylation is 2. The van der Waals surface area contributed by atoms with Crippen LogP contribution >= 0.6 is 0 Å². The van der Waals surface area contributed by atoms with Crippen LogP contribution in [0.1, 0.15) is 46.4 Å². The van der Waals surface area contributed by atoms with Gasteiger partial charge in [0.15, 0.2) is 5.65 Å². The van der Waals surface area contributed by atoms with Gasteiger partial charge in [-0.25, -0.2) is 9.50 Å². The smallest absolute Gasteiger partial charge is 0.338 e. The van der Waals surface area contributed by atoms with Crippen LogP contribution in [-0.4, -0.2) is 38.5 Å². The van der Waals surface area contributed by atoms with Gasteiger partial charge in [0.1, 0.15) is 5.56 Å². The van der Waals surface area contributed by atoms with E-state index >= 15 is 0 Å². The van der Waals surface area contributed by atoms with E-state index in [1.54, 1.807) is 46.9 Å². The van der Waals surface area contributed by atoms with Gasteiger partial charge in [0.25, 0.3) is 5.91 Å². The van der Waals surface area contributed by atoms with Gasteiger partial charge >= 0.3 is 6.18 Å². The molecule has 5 nitrogen and oxygen atoms in total. The lowest BCUT2D eigenvalue weighted by Crippen LogP contribution is -2.38. The molecule has 1 fully saturated rings. The van der Waals surface area contributed by atoms with Crippen LogP contribution in [0.25, 0.3) is 5.65 Å². The molecule has 0 aliphatic carbocycles. The number of carbonyl (C=O) groups is 1. The summed E-state index contributed by atoms with van der Waals surface area (Å²) in [4.78, 5) is 19.1. The molecular weight excluding hydrogens is 393 g/mol. The van der Waals surface area contributed by atoms with E-state index in [0.29, 0.717) is 54.3 Å². The third kappa shape index (κ3) is 4.04. The summed E-state index contributed by atoms with van der Waals surface area (Å²) in [5.74, 6) is 0.223. The van der Waals surface area contributed by atoms with Crippen molar-refractivity contribution in [3.63, 3.8) is 0 Å². The predicted octanol–water partition coefficient (Wildman–Crippen LogP) is 4.54. The van der Waals surface area contributed by atoms with Gasteiger partial charge in [0, 0.05) is 25.5 Å². The van der Waals surface area contributed by atoms with Gasteiger partial charge in [-0.1, -0.05) is 18.2 Å². The van der Waals surface area contributed by atoms with Crippen LogP contribution < -0.4 is 0 Å². The Morgan fingerprint density at radius 1 is 1.17 bits per heavy atom. The van der Waals surface area contributed by atoms with E-state index in [9.17, 15) is 18.0 Å². The summed E-state index contributed by atoms with van der Waals surface area (Å²) < 4.78 is 41.1. The maximum atomic E-state index is 13.2. The van der Waals surface area contributed by atoms with Gasteiger partial charge in [-0.3, -0.25) is 4.79 Å². The van der Waals surface area contributed by atoms with E-state index in [1.807, 2.05) is 0 Å². The van der Waals surface area contributed by atoms with Crippen LogP contribution in [0, 0.1) is 12.8 Å². The highest BCUT2D eigenvalue weighted by molar-refractivity contribution is 6.01. The second-order valence-electron chi connectivity index (χ2n) is 7.78. The number of nitrogens with zero attached hydrogens (tertiary/aromatic N) is 4. The summed E-state index contributed by atoms with van der Waals surface area (Å²) in [6.07, 6.45) is 1.72. The van der Waals surface area contributed by atoms with Crippen molar-refractivity contribution in [3.05, 3.63) is 65.1 Å². The van der Waals surface area contributed by atoms with Crippen molar-refractivity contribution in [3.8, 4) is 0 Å².